The summed E-state index contributed by atoms with van der Waals surface area (Å²) >= 11 is 1.45. The topological polar surface area (TPSA) is 54.0 Å². The van der Waals surface area contributed by atoms with Crippen molar-refractivity contribution in [3.8, 4) is 0 Å². The first-order valence-corrected chi connectivity index (χ1v) is 5.83. The van der Waals surface area contributed by atoms with Crippen LogP contribution in [0.15, 0.2) is 10.9 Å². The molecular weight excluding hydrogens is 255 g/mol. The van der Waals surface area contributed by atoms with Crippen LogP contribution < -0.4 is 10.6 Å². The van der Waals surface area contributed by atoms with Crippen LogP contribution in [0.4, 0.5) is 13.2 Å². The van der Waals surface area contributed by atoms with Crippen LogP contribution in [0, 0.1) is 0 Å². The van der Waals surface area contributed by atoms with Crippen molar-refractivity contribution >= 4 is 17.2 Å². The van der Waals surface area contributed by atoms with E-state index in [0.29, 0.717) is 13.0 Å². The molecule has 1 aromatic heterocycles. The Kier molecular flexibility index (Phi) is 5.36. The number of hydrogen-bond donors (Lipinski definition) is 2. The molecule has 0 saturated heterocycles. The van der Waals surface area contributed by atoms with Gasteiger partial charge in [0.1, 0.15) is 0 Å². The summed E-state index contributed by atoms with van der Waals surface area (Å²) < 4.78 is 35.2. The molecule has 0 aliphatic heterocycles. The number of halogens is 3. The molecule has 0 fully saturated rings. The smallest absolute Gasteiger partial charge is 0.355 e. The molecule has 1 heterocycles. The maximum Gasteiger partial charge on any atom is 0.401 e. The van der Waals surface area contributed by atoms with Gasteiger partial charge in [0, 0.05) is 18.3 Å². The number of aromatic nitrogens is 1. The SMILES string of the molecule is O=C(CNCC(F)(F)F)NCCc1cscn1. The van der Waals surface area contributed by atoms with Crippen molar-refractivity contribution < 1.29 is 18.0 Å². The Morgan fingerprint density at radius 3 is 2.82 bits per heavy atom. The van der Waals surface area contributed by atoms with Crippen LogP contribution in [0.25, 0.3) is 0 Å². The molecule has 8 heteroatoms. The van der Waals surface area contributed by atoms with Gasteiger partial charge in [-0.2, -0.15) is 13.2 Å². The van der Waals surface area contributed by atoms with E-state index in [9.17, 15) is 18.0 Å². The number of rotatable bonds is 6. The number of carbonyl (C=O) groups is 1. The first kappa shape index (κ1) is 13.9. The monoisotopic (exact) mass is 267 g/mol. The minimum atomic E-state index is -4.29. The van der Waals surface area contributed by atoms with Gasteiger partial charge in [-0.3, -0.25) is 4.79 Å². The van der Waals surface area contributed by atoms with Gasteiger partial charge in [-0.15, -0.1) is 11.3 Å². The molecule has 96 valence electrons. The van der Waals surface area contributed by atoms with Crippen molar-refractivity contribution in [1.29, 1.82) is 0 Å². The molecule has 17 heavy (non-hydrogen) atoms. The first-order chi connectivity index (χ1) is 7.97. The molecule has 2 N–H and O–H groups in total. The zero-order valence-electron chi connectivity index (χ0n) is 8.88. The molecule has 0 aliphatic rings. The average molecular weight is 267 g/mol. The lowest BCUT2D eigenvalue weighted by molar-refractivity contribution is -0.128. The van der Waals surface area contributed by atoms with Gasteiger partial charge in [0.15, 0.2) is 0 Å². The number of thiazole rings is 1. The normalized spacial score (nSPS) is 11.5. The molecule has 0 bridgehead atoms. The minimum absolute atomic E-state index is 0.337. The maximum absolute atomic E-state index is 11.7. The number of nitrogens with one attached hydrogen (secondary N) is 2. The van der Waals surface area contributed by atoms with Crippen molar-refractivity contribution in [2.45, 2.75) is 12.6 Å². The molecule has 4 nitrogen and oxygen atoms in total. The number of hydrogen-bond acceptors (Lipinski definition) is 4. The largest absolute Gasteiger partial charge is 0.401 e. The summed E-state index contributed by atoms with van der Waals surface area (Å²) in [6.45, 7) is -1.13. The van der Waals surface area contributed by atoms with E-state index in [0.717, 1.165) is 5.69 Å². The van der Waals surface area contributed by atoms with Crippen molar-refractivity contribution in [3.05, 3.63) is 16.6 Å². The summed E-state index contributed by atoms with van der Waals surface area (Å²) in [4.78, 5) is 15.1. The highest BCUT2D eigenvalue weighted by Gasteiger charge is 2.26. The van der Waals surface area contributed by atoms with E-state index < -0.39 is 18.6 Å². The Balaban J connectivity index is 2.05. The molecule has 0 atom stereocenters. The Hall–Kier alpha value is -1.15. The zero-order chi connectivity index (χ0) is 12.7. The van der Waals surface area contributed by atoms with E-state index in [1.807, 2.05) is 10.7 Å². The summed E-state index contributed by atoms with van der Waals surface area (Å²) in [5, 5.41) is 6.38. The van der Waals surface area contributed by atoms with Crippen LogP contribution >= 0.6 is 11.3 Å². The lowest BCUT2D eigenvalue weighted by atomic mass is 10.3. The Morgan fingerprint density at radius 1 is 1.47 bits per heavy atom. The predicted molar refractivity (Wildman–Crippen MR) is 57.8 cm³/mol. The van der Waals surface area contributed by atoms with Crippen LogP contribution in [0.2, 0.25) is 0 Å². The second-order valence-corrected chi connectivity index (χ2v) is 4.02. The van der Waals surface area contributed by atoms with Crippen molar-refractivity contribution in [2.75, 3.05) is 19.6 Å². The summed E-state index contributed by atoms with van der Waals surface area (Å²) in [6.07, 6.45) is -3.71. The van der Waals surface area contributed by atoms with E-state index in [2.05, 4.69) is 10.3 Å². The van der Waals surface area contributed by atoms with Crippen molar-refractivity contribution in [2.24, 2.45) is 0 Å². The minimum Gasteiger partial charge on any atom is -0.355 e. The lowest BCUT2D eigenvalue weighted by Gasteiger charge is -2.08. The van der Waals surface area contributed by atoms with Gasteiger partial charge in [-0.25, -0.2) is 4.98 Å². The Labute approximate surface area is 100 Å². The summed E-state index contributed by atoms with van der Waals surface area (Å²) in [5.41, 5.74) is 2.54. The summed E-state index contributed by atoms with van der Waals surface area (Å²) in [6, 6.07) is 0. The molecule has 0 aromatic carbocycles. The van der Waals surface area contributed by atoms with Gasteiger partial charge in [-0.1, -0.05) is 0 Å². The van der Waals surface area contributed by atoms with Gasteiger partial charge in [-0.05, 0) is 0 Å². The highest BCUT2D eigenvalue weighted by Crippen LogP contribution is 2.11. The summed E-state index contributed by atoms with van der Waals surface area (Å²) in [5.74, 6) is -0.454. The molecule has 0 spiro atoms. The maximum atomic E-state index is 11.7. The Morgan fingerprint density at radius 2 is 2.24 bits per heavy atom. The van der Waals surface area contributed by atoms with E-state index >= 15 is 0 Å². The molecule has 0 saturated carbocycles. The summed E-state index contributed by atoms with van der Waals surface area (Å²) in [7, 11) is 0. The molecule has 0 radical (unpaired) electrons. The third kappa shape index (κ3) is 6.90. The molecular formula is C9H12F3N3OS. The van der Waals surface area contributed by atoms with Gasteiger partial charge >= 0.3 is 6.18 Å². The molecule has 1 rings (SSSR count). The predicted octanol–water partition coefficient (Wildman–Crippen LogP) is 0.954. The standard InChI is InChI=1S/C9H12F3N3OS/c10-9(11,12)5-13-3-8(16)14-2-1-7-4-17-6-15-7/h4,6,13H,1-3,5H2,(H,14,16). The number of alkyl halides is 3. The van der Waals surface area contributed by atoms with E-state index in [1.54, 1.807) is 5.51 Å². The highest BCUT2D eigenvalue weighted by atomic mass is 32.1. The molecule has 1 amide bonds. The van der Waals surface area contributed by atoms with Crippen molar-refractivity contribution in [3.63, 3.8) is 0 Å². The van der Waals surface area contributed by atoms with Crippen LogP contribution in [-0.2, 0) is 11.2 Å². The second-order valence-electron chi connectivity index (χ2n) is 3.30. The lowest BCUT2D eigenvalue weighted by Crippen LogP contribution is -2.38. The molecule has 0 unspecified atom stereocenters. The fourth-order valence-corrected chi connectivity index (χ4v) is 1.66. The van der Waals surface area contributed by atoms with Crippen LogP contribution in [-0.4, -0.2) is 36.7 Å². The van der Waals surface area contributed by atoms with Crippen LogP contribution in [0.5, 0.6) is 0 Å². The van der Waals surface area contributed by atoms with Gasteiger partial charge in [0.2, 0.25) is 5.91 Å². The average Bonchev–Trinajstić information content (AvgIpc) is 2.68. The van der Waals surface area contributed by atoms with Gasteiger partial charge in [0.25, 0.3) is 0 Å². The quantitative estimate of drug-likeness (QED) is 0.807. The third-order valence-electron chi connectivity index (χ3n) is 1.80. The number of carbonyl (C=O) groups excluding carboxylic acids is 1. The van der Waals surface area contributed by atoms with E-state index in [1.165, 1.54) is 11.3 Å². The second kappa shape index (κ2) is 6.55. The third-order valence-corrected chi connectivity index (χ3v) is 2.43. The fraction of sp³-hybridized carbons (Fsp3) is 0.556. The van der Waals surface area contributed by atoms with E-state index in [4.69, 9.17) is 0 Å². The zero-order valence-corrected chi connectivity index (χ0v) is 9.70. The highest BCUT2D eigenvalue weighted by molar-refractivity contribution is 7.07. The van der Waals surface area contributed by atoms with Gasteiger partial charge < -0.3 is 10.6 Å². The fourth-order valence-electron chi connectivity index (χ4n) is 1.07. The number of amides is 1. The van der Waals surface area contributed by atoms with Gasteiger partial charge in [0.05, 0.1) is 24.3 Å². The number of nitrogens with zero attached hydrogens (tertiary/aromatic N) is 1. The van der Waals surface area contributed by atoms with Crippen LogP contribution in [0.3, 0.4) is 0 Å². The van der Waals surface area contributed by atoms with Crippen LogP contribution in [0.1, 0.15) is 5.69 Å². The van der Waals surface area contributed by atoms with Crippen molar-refractivity contribution in [1.82, 2.24) is 15.6 Å². The first-order valence-electron chi connectivity index (χ1n) is 4.88. The Bertz CT molecular complexity index is 340. The molecule has 0 aliphatic carbocycles. The molecule has 1 aromatic rings. The van der Waals surface area contributed by atoms with E-state index in [-0.39, 0.29) is 6.54 Å².